The predicted molar refractivity (Wildman–Crippen MR) is 95.2 cm³/mol. The Balaban J connectivity index is 1.82. The third-order valence-electron chi connectivity index (χ3n) is 4.72. The molecule has 0 aliphatic carbocycles. The van der Waals surface area contributed by atoms with E-state index in [0.717, 1.165) is 6.07 Å². The first-order valence-electron chi connectivity index (χ1n) is 9.19. The van der Waals surface area contributed by atoms with Crippen LogP contribution in [0.1, 0.15) is 40.2 Å². The van der Waals surface area contributed by atoms with Crippen LogP contribution >= 0.6 is 0 Å². The molecule has 0 saturated carbocycles. The van der Waals surface area contributed by atoms with Crippen molar-refractivity contribution in [1.29, 1.82) is 0 Å². The summed E-state index contributed by atoms with van der Waals surface area (Å²) < 4.78 is 44.3. The highest BCUT2D eigenvalue weighted by Crippen LogP contribution is 2.37. The van der Waals surface area contributed by atoms with Crippen LogP contribution in [0, 0.1) is 17.6 Å². The van der Waals surface area contributed by atoms with Crippen molar-refractivity contribution < 1.29 is 27.8 Å². The highest BCUT2D eigenvalue weighted by atomic mass is 19.1. The maximum Gasteiger partial charge on any atom is 0.412 e. The molecule has 1 aromatic rings. The maximum atomic E-state index is 13.6. The van der Waals surface area contributed by atoms with Crippen molar-refractivity contribution in [3.63, 3.8) is 0 Å². The number of carbonyl (C=O) groups excluding carboxylic acids is 1. The van der Waals surface area contributed by atoms with E-state index >= 15 is 0 Å². The third-order valence-corrected chi connectivity index (χ3v) is 4.72. The SMILES string of the molecule is CC(C)(C)OC(=O)N1CC(Cc2cc(F)cc(F)c2)[C@@H]([C@@H]2CO2)OC1(C)C. The van der Waals surface area contributed by atoms with E-state index in [1.54, 1.807) is 20.8 Å². The van der Waals surface area contributed by atoms with E-state index in [1.807, 2.05) is 13.8 Å². The second-order valence-electron chi connectivity index (χ2n) is 8.73. The van der Waals surface area contributed by atoms with Crippen LogP contribution in [-0.2, 0) is 20.6 Å². The minimum atomic E-state index is -0.872. The van der Waals surface area contributed by atoms with Crippen LogP contribution in [0.2, 0.25) is 0 Å². The van der Waals surface area contributed by atoms with Crippen molar-refractivity contribution in [2.75, 3.05) is 13.2 Å². The van der Waals surface area contributed by atoms with Crippen LogP contribution in [0.5, 0.6) is 0 Å². The first-order valence-corrected chi connectivity index (χ1v) is 9.19. The summed E-state index contributed by atoms with van der Waals surface area (Å²) in [5.41, 5.74) is -0.983. The summed E-state index contributed by atoms with van der Waals surface area (Å²) >= 11 is 0. The van der Waals surface area contributed by atoms with Crippen molar-refractivity contribution in [1.82, 2.24) is 4.90 Å². The molecule has 0 N–H and O–H groups in total. The number of benzene rings is 1. The Hall–Kier alpha value is -1.73. The van der Waals surface area contributed by atoms with Gasteiger partial charge in [-0.2, -0.15) is 0 Å². The predicted octanol–water partition coefficient (Wildman–Crippen LogP) is 3.89. The van der Waals surface area contributed by atoms with Crippen molar-refractivity contribution >= 4 is 6.09 Å². The van der Waals surface area contributed by atoms with Crippen molar-refractivity contribution in [2.45, 2.75) is 64.6 Å². The molecule has 2 fully saturated rings. The van der Waals surface area contributed by atoms with Crippen LogP contribution in [0.25, 0.3) is 0 Å². The van der Waals surface area contributed by atoms with Crippen LogP contribution < -0.4 is 0 Å². The fourth-order valence-electron chi connectivity index (χ4n) is 3.50. The minimum absolute atomic E-state index is 0.0616. The van der Waals surface area contributed by atoms with Gasteiger partial charge in [-0.3, -0.25) is 4.90 Å². The standard InChI is InChI=1S/C20H27F2NO4/c1-19(2,3)27-18(24)23-10-13(6-12-7-14(21)9-15(22)8-12)17(16-11-25-16)26-20(23,4)5/h7-9,13,16-17H,6,10-11H2,1-5H3/t13?,16-,17-/m0/s1. The zero-order valence-corrected chi connectivity index (χ0v) is 16.4. The molecule has 27 heavy (non-hydrogen) atoms. The molecule has 1 amide bonds. The molecule has 7 heteroatoms. The molecule has 3 rings (SSSR count). The second kappa shape index (κ2) is 7.02. The Morgan fingerprint density at radius 3 is 2.37 bits per heavy atom. The number of epoxide rings is 1. The van der Waals surface area contributed by atoms with Crippen molar-refractivity contribution in [3.05, 3.63) is 35.4 Å². The Morgan fingerprint density at radius 2 is 1.85 bits per heavy atom. The van der Waals surface area contributed by atoms with Gasteiger partial charge in [0.05, 0.1) is 12.7 Å². The molecule has 0 radical (unpaired) electrons. The Kier molecular flexibility index (Phi) is 5.20. The maximum absolute atomic E-state index is 13.6. The first-order chi connectivity index (χ1) is 12.4. The molecule has 3 atom stereocenters. The Morgan fingerprint density at radius 1 is 1.26 bits per heavy atom. The van der Waals surface area contributed by atoms with Gasteiger partial charge in [-0.25, -0.2) is 13.6 Å². The molecule has 2 heterocycles. The van der Waals surface area contributed by atoms with E-state index in [2.05, 4.69) is 0 Å². The second-order valence-corrected chi connectivity index (χ2v) is 8.73. The number of ether oxygens (including phenoxy) is 3. The van der Waals surface area contributed by atoms with Gasteiger partial charge < -0.3 is 14.2 Å². The Bertz CT molecular complexity index is 692. The summed E-state index contributed by atoms with van der Waals surface area (Å²) in [6.45, 7) is 9.96. The van der Waals surface area contributed by atoms with E-state index in [9.17, 15) is 13.6 Å². The van der Waals surface area contributed by atoms with Crippen LogP contribution in [0.3, 0.4) is 0 Å². The molecule has 1 aromatic carbocycles. The highest BCUT2D eigenvalue weighted by Gasteiger charge is 2.50. The van der Waals surface area contributed by atoms with E-state index in [-0.39, 0.29) is 18.1 Å². The molecule has 0 aromatic heterocycles. The van der Waals surface area contributed by atoms with E-state index in [1.165, 1.54) is 17.0 Å². The highest BCUT2D eigenvalue weighted by molar-refractivity contribution is 5.69. The molecule has 0 spiro atoms. The summed E-state index contributed by atoms with van der Waals surface area (Å²) in [6, 6.07) is 3.47. The molecule has 0 bridgehead atoms. The molecule has 1 unspecified atom stereocenters. The van der Waals surface area contributed by atoms with Crippen LogP contribution in [0.15, 0.2) is 18.2 Å². The molecule has 150 valence electrons. The average molecular weight is 383 g/mol. The number of amides is 1. The number of hydrogen-bond donors (Lipinski definition) is 0. The largest absolute Gasteiger partial charge is 0.444 e. The Labute approximate surface area is 158 Å². The minimum Gasteiger partial charge on any atom is -0.444 e. The molecule has 2 aliphatic rings. The lowest BCUT2D eigenvalue weighted by Gasteiger charge is -2.48. The summed E-state index contributed by atoms with van der Waals surface area (Å²) in [7, 11) is 0. The van der Waals surface area contributed by atoms with E-state index < -0.39 is 29.1 Å². The van der Waals surface area contributed by atoms with Crippen molar-refractivity contribution in [2.24, 2.45) is 5.92 Å². The number of halogens is 2. The van der Waals surface area contributed by atoms with Gasteiger partial charge in [0.2, 0.25) is 0 Å². The summed E-state index contributed by atoms with van der Waals surface area (Å²) in [4.78, 5) is 14.2. The lowest BCUT2D eigenvalue weighted by molar-refractivity contribution is -0.216. The van der Waals surface area contributed by atoms with E-state index in [4.69, 9.17) is 14.2 Å². The summed E-state index contributed by atoms with van der Waals surface area (Å²) in [5.74, 6) is -1.41. The number of hydrogen-bond acceptors (Lipinski definition) is 4. The normalized spacial score (nSPS) is 27.4. The van der Waals surface area contributed by atoms with Crippen LogP contribution in [-0.4, -0.2) is 47.7 Å². The third kappa shape index (κ3) is 4.96. The monoisotopic (exact) mass is 383 g/mol. The number of nitrogens with zero attached hydrogens (tertiary/aromatic N) is 1. The zero-order valence-electron chi connectivity index (χ0n) is 16.4. The van der Waals surface area contributed by atoms with Gasteiger partial charge in [0, 0.05) is 18.5 Å². The van der Waals surface area contributed by atoms with Gasteiger partial charge in [-0.05, 0) is 58.7 Å². The lowest BCUT2D eigenvalue weighted by Crippen LogP contribution is -2.61. The van der Waals surface area contributed by atoms with Gasteiger partial charge in [0.25, 0.3) is 0 Å². The number of carbonyl (C=O) groups is 1. The van der Waals surface area contributed by atoms with Gasteiger partial charge in [0.15, 0.2) is 0 Å². The average Bonchev–Trinajstić information content (AvgIpc) is 3.30. The van der Waals surface area contributed by atoms with Gasteiger partial charge in [-0.1, -0.05) is 0 Å². The smallest absolute Gasteiger partial charge is 0.412 e. The molecular weight excluding hydrogens is 356 g/mol. The first kappa shape index (κ1) is 20.0. The zero-order chi connectivity index (χ0) is 20.0. The molecular formula is C20H27F2NO4. The van der Waals surface area contributed by atoms with Gasteiger partial charge in [-0.15, -0.1) is 0 Å². The molecule has 5 nitrogen and oxygen atoms in total. The van der Waals surface area contributed by atoms with Crippen LogP contribution in [0.4, 0.5) is 13.6 Å². The number of rotatable bonds is 3. The molecule has 2 saturated heterocycles. The molecule has 2 aliphatic heterocycles. The topological polar surface area (TPSA) is 51.3 Å². The summed E-state index contributed by atoms with van der Waals surface area (Å²) in [6.07, 6.45) is -0.425. The van der Waals surface area contributed by atoms with Crippen molar-refractivity contribution in [3.8, 4) is 0 Å². The van der Waals surface area contributed by atoms with Gasteiger partial charge in [0.1, 0.15) is 29.1 Å². The summed E-state index contributed by atoms with van der Waals surface area (Å²) in [5, 5.41) is 0. The van der Waals surface area contributed by atoms with E-state index in [0.29, 0.717) is 25.1 Å². The fourth-order valence-corrected chi connectivity index (χ4v) is 3.50. The fraction of sp³-hybridized carbons (Fsp3) is 0.650. The quantitative estimate of drug-likeness (QED) is 0.743. The lowest BCUT2D eigenvalue weighted by atomic mass is 9.89. The van der Waals surface area contributed by atoms with Gasteiger partial charge >= 0.3 is 6.09 Å².